The van der Waals surface area contributed by atoms with Gasteiger partial charge in [-0.2, -0.15) is 0 Å². The fourth-order valence-corrected chi connectivity index (χ4v) is 3.93. The fourth-order valence-electron chi connectivity index (χ4n) is 3.93. The van der Waals surface area contributed by atoms with Gasteiger partial charge in [-0.05, 0) is 60.5 Å². The van der Waals surface area contributed by atoms with E-state index in [9.17, 15) is 4.79 Å². The number of nitrogens with zero attached hydrogens (tertiary/aromatic N) is 2. The van der Waals surface area contributed by atoms with Crippen LogP contribution in [0, 0.1) is 6.92 Å². The van der Waals surface area contributed by atoms with Gasteiger partial charge >= 0.3 is 0 Å². The van der Waals surface area contributed by atoms with Gasteiger partial charge in [-0.1, -0.05) is 42.5 Å². The summed E-state index contributed by atoms with van der Waals surface area (Å²) >= 11 is 0. The second kappa shape index (κ2) is 8.19. The molecule has 0 aliphatic carbocycles. The predicted molar refractivity (Wildman–Crippen MR) is 128 cm³/mol. The quantitative estimate of drug-likeness (QED) is 0.372. The maximum absolute atomic E-state index is 13.3. The summed E-state index contributed by atoms with van der Waals surface area (Å²) in [6.45, 7) is 4.45. The lowest BCUT2D eigenvalue weighted by Crippen LogP contribution is -2.14. The SMILES string of the molecule is CCOc1ccc2ccccc2c1C(=O)Nc1cccc(-c2cn3ccc(C)cc3n2)c1. The van der Waals surface area contributed by atoms with Crippen molar-refractivity contribution in [2.24, 2.45) is 0 Å². The van der Waals surface area contributed by atoms with E-state index in [2.05, 4.69) is 11.4 Å². The molecule has 1 amide bonds. The number of anilines is 1. The predicted octanol–water partition coefficient (Wildman–Crippen LogP) is 6.11. The fraction of sp³-hybridized carbons (Fsp3) is 0.111. The van der Waals surface area contributed by atoms with Crippen molar-refractivity contribution in [2.45, 2.75) is 13.8 Å². The number of benzene rings is 3. The lowest BCUT2D eigenvalue weighted by molar-refractivity contribution is 0.102. The van der Waals surface area contributed by atoms with E-state index in [0.717, 1.165) is 33.2 Å². The number of carbonyl (C=O) groups is 1. The number of imidazole rings is 1. The number of ether oxygens (including phenoxy) is 1. The molecule has 0 saturated heterocycles. The average molecular weight is 422 g/mol. The van der Waals surface area contributed by atoms with Gasteiger partial charge in [0.05, 0.1) is 17.9 Å². The minimum Gasteiger partial charge on any atom is -0.493 e. The number of nitrogens with one attached hydrogen (secondary N) is 1. The Balaban J connectivity index is 1.50. The number of pyridine rings is 1. The number of carbonyl (C=O) groups excluding carboxylic acids is 1. The Kier molecular flexibility index (Phi) is 5.07. The Morgan fingerprint density at radius 1 is 1.03 bits per heavy atom. The summed E-state index contributed by atoms with van der Waals surface area (Å²) in [5, 5.41) is 4.91. The molecule has 5 heteroatoms. The standard InChI is InChI=1S/C27H23N3O2/c1-3-32-24-12-11-19-7-4-5-10-22(19)26(24)27(31)28-21-9-6-8-20(16-21)23-17-30-14-13-18(2)15-25(30)29-23/h4-17H,3H2,1-2H3,(H,28,31). The molecule has 0 bridgehead atoms. The highest BCUT2D eigenvalue weighted by Gasteiger charge is 2.17. The second-order valence-corrected chi connectivity index (χ2v) is 7.72. The molecule has 5 aromatic rings. The van der Waals surface area contributed by atoms with Gasteiger partial charge in [-0.25, -0.2) is 4.98 Å². The third kappa shape index (κ3) is 3.69. The van der Waals surface area contributed by atoms with E-state index in [4.69, 9.17) is 9.72 Å². The average Bonchev–Trinajstić information content (AvgIpc) is 3.22. The molecule has 158 valence electrons. The minimum absolute atomic E-state index is 0.201. The number of amides is 1. The van der Waals surface area contributed by atoms with E-state index in [1.54, 1.807) is 0 Å². The largest absolute Gasteiger partial charge is 0.493 e. The molecule has 2 aromatic heterocycles. The van der Waals surface area contributed by atoms with Crippen molar-refractivity contribution >= 4 is 28.0 Å². The first-order valence-corrected chi connectivity index (χ1v) is 10.6. The highest BCUT2D eigenvalue weighted by molar-refractivity contribution is 6.15. The van der Waals surface area contributed by atoms with Gasteiger partial charge in [0, 0.05) is 23.6 Å². The molecule has 0 unspecified atom stereocenters. The van der Waals surface area contributed by atoms with Crippen LogP contribution in [0.4, 0.5) is 5.69 Å². The summed E-state index contributed by atoms with van der Waals surface area (Å²) < 4.78 is 7.76. The molecule has 0 aliphatic heterocycles. The van der Waals surface area contributed by atoms with Crippen molar-refractivity contribution in [1.82, 2.24) is 9.38 Å². The van der Waals surface area contributed by atoms with Crippen LogP contribution in [-0.2, 0) is 0 Å². The van der Waals surface area contributed by atoms with Crippen molar-refractivity contribution in [2.75, 3.05) is 11.9 Å². The normalized spacial score (nSPS) is 11.1. The zero-order chi connectivity index (χ0) is 22.1. The van der Waals surface area contributed by atoms with Gasteiger partial charge in [0.15, 0.2) is 0 Å². The van der Waals surface area contributed by atoms with Gasteiger partial charge in [-0.15, -0.1) is 0 Å². The lowest BCUT2D eigenvalue weighted by Gasteiger charge is -2.14. The van der Waals surface area contributed by atoms with Crippen LogP contribution in [-0.4, -0.2) is 21.9 Å². The first-order chi connectivity index (χ1) is 15.6. The highest BCUT2D eigenvalue weighted by Crippen LogP contribution is 2.30. The van der Waals surface area contributed by atoms with Crippen molar-refractivity contribution < 1.29 is 9.53 Å². The molecule has 3 aromatic carbocycles. The topological polar surface area (TPSA) is 55.6 Å². The molecule has 0 fully saturated rings. The smallest absolute Gasteiger partial charge is 0.260 e. The summed E-state index contributed by atoms with van der Waals surface area (Å²) in [6, 6.07) is 23.5. The van der Waals surface area contributed by atoms with Crippen LogP contribution in [0.1, 0.15) is 22.8 Å². The molecule has 0 radical (unpaired) electrons. The maximum atomic E-state index is 13.3. The van der Waals surface area contributed by atoms with Crippen LogP contribution in [0.25, 0.3) is 27.7 Å². The van der Waals surface area contributed by atoms with Crippen LogP contribution in [0.2, 0.25) is 0 Å². The minimum atomic E-state index is -0.201. The molecule has 1 N–H and O–H groups in total. The summed E-state index contributed by atoms with van der Waals surface area (Å²) in [5.41, 5.74) is 5.09. The first-order valence-electron chi connectivity index (χ1n) is 10.6. The van der Waals surface area contributed by atoms with E-state index in [1.807, 2.05) is 97.4 Å². The second-order valence-electron chi connectivity index (χ2n) is 7.72. The maximum Gasteiger partial charge on any atom is 0.260 e. The van der Waals surface area contributed by atoms with Crippen molar-refractivity contribution in [3.8, 4) is 17.0 Å². The van der Waals surface area contributed by atoms with Crippen LogP contribution >= 0.6 is 0 Å². The summed E-state index contributed by atoms with van der Waals surface area (Å²) in [4.78, 5) is 18.1. The van der Waals surface area contributed by atoms with E-state index >= 15 is 0 Å². The van der Waals surface area contributed by atoms with Crippen LogP contribution in [0.15, 0.2) is 85.2 Å². The summed E-state index contributed by atoms with van der Waals surface area (Å²) in [5.74, 6) is 0.378. The van der Waals surface area contributed by atoms with Gasteiger partial charge in [0.1, 0.15) is 11.4 Å². The van der Waals surface area contributed by atoms with Crippen molar-refractivity contribution in [3.63, 3.8) is 0 Å². The third-order valence-electron chi connectivity index (χ3n) is 5.45. The Bertz CT molecular complexity index is 1450. The van der Waals surface area contributed by atoms with Crippen LogP contribution in [0.5, 0.6) is 5.75 Å². The highest BCUT2D eigenvalue weighted by atomic mass is 16.5. The Hall–Kier alpha value is -4.12. The molecule has 0 saturated carbocycles. The van der Waals surface area contributed by atoms with Gasteiger partial charge < -0.3 is 14.5 Å². The molecule has 0 spiro atoms. The van der Waals surface area contributed by atoms with Gasteiger partial charge in [0.2, 0.25) is 0 Å². The molecule has 5 rings (SSSR count). The van der Waals surface area contributed by atoms with Crippen LogP contribution in [0.3, 0.4) is 0 Å². The number of fused-ring (bicyclic) bond motifs is 2. The zero-order valence-corrected chi connectivity index (χ0v) is 18.0. The van der Waals surface area contributed by atoms with E-state index in [0.29, 0.717) is 23.6 Å². The van der Waals surface area contributed by atoms with Crippen molar-refractivity contribution in [1.29, 1.82) is 0 Å². The molecular formula is C27H23N3O2. The summed E-state index contributed by atoms with van der Waals surface area (Å²) in [6.07, 6.45) is 4.00. The monoisotopic (exact) mass is 421 g/mol. The third-order valence-corrected chi connectivity index (χ3v) is 5.45. The van der Waals surface area contributed by atoms with E-state index in [1.165, 1.54) is 0 Å². The Morgan fingerprint density at radius 3 is 2.78 bits per heavy atom. The number of aromatic nitrogens is 2. The molecule has 5 nitrogen and oxygen atoms in total. The summed E-state index contributed by atoms with van der Waals surface area (Å²) in [7, 11) is 0. The van der Waals surface area contributed by atoms with E-state index in [-0.39, 0.29) is 5.91 Å². The Morgan fingerprint density at radius 2 is 1.91 bits per heavy atom. The zero-order valence-electron chi connectivity index (χ0n) is 18.0. The van der Waals surface area contributed by atoms with Crippen LogP contribution < -0.4 is 10.1 Å². The molecule has 0 aliphatic rings. The van der Waals surface area contributed by atoms with Gasteiger partial charge in [-0.3, -0.25) is 4.79 Å². The lowest BCUT2D eigenvalue weighted by atomic mass is 10.0. The van der Waals surface area contributed by atoms with Crippen molar-refractivity contribution in [3.05, 3.63) is 96.3 Å². The number of rotatable bonds is 5. The number of hydrogen-bond donors (Lipinski definition) is 1. The molecule has 0 atom stereocenters. The molecular weight excluding hydrogens is 398 g/mol. The molecule has 32 heavy (non-hydrogen) atoms. The molecule has 2 heterocycles. The van der Waals surface area contributed by atoms with Gasteiger partial charge in [0.25, 0.3) is 5.91 Å². The number of aryl methyl sites for hydroxylation is 1. The first kappa shape index (κ1) is 19.8. The number of hydrogen-bond acceptors (Lipinski definition) is 3. The van der Waals surface area contributed by atoms with E-state index < -0.39 is 0 Å². The Labute approximate surface area is 186 Å².